The Morgan fingerprint density at radius 3 is 2.55 bits per heavy atom. The second-order valence-corrected chi connectivity index (χ2v) is 5.38. The minimum absolute atomic E-state index is 0.0942. The second-order valence-electron chi connectivity index (χ2n) is 5.38. The zero-order chi connectivity index (χ0) is 14.7. The molecule has 0 bridgehead atoms. The molecule has 1 aliphatic rings. The van der Waals surface area contributed by atoms with Gasteiger partial charge in [0.15, 0.2) is 0 Å². The molecular formula is C16H20N2O2. The van der Waals surface area contributed by atoms with Gasteiger partial charge < -0.3 is 10.2 Å². The van der Waals surface area contributed by atoms with E-state index in [4.69, 9.17) is 0 Å². The number of nitrogens with one attached hydrogen (secondary N) is 1. The van der Waals surface area contributed by atoms with Crippen LogP contribution in [-0.2, 0) is 4.79 Å². The molecule has 4 heteroatoms. The summed E-state index contributed by atoms with van der Waals surface area (Å²) in [6.45, 7) is 8.25. The highest BCUT2D eigenvalue weighted by Crippen LogP contribution is 2.25. The Hall–Kier alpha value is -2.10. The van der Waals surface area contributed by atoms with Crippen LogP contribution in [0, 0.1) is 5.92 Å². The fraction of sp³-hybridized carbons (Fsp3) is 0.375. The van der Waals surface area contributed by atoms with Crippen LogP contribution in [0.3, 0.4) is 0 Å². The number of nitrogens with zero attached hydrogens (tertiary/aromatic N) is 1. The van der Waals surface area contributed by atoms with Crippen LogP contribution in [0.15, 0.2) is 36.9 Å². The fourth-order valence-electron chi connectivity index (χ4n) is 2.28. The van der Waals surface area contributed by atoms with Crippen LogP contribution in [0.5, 0.6) is 0 Å². The molecule has 1 aliphatic heterocycles. The lowest BCUT2D eigenvalue weighted by Crippen LogP contribution is -2.30. The van der Waals surface area contributed by atoms with Crippen LogP contribution >= 0.6 is 0 Å². The Kier molecular flexibility index (Phi) is 4.23. The van der Waals surface area contributed by atoms with Gasteiger partial charge in [0, 0.05) is 36.2 Å². The molecule has 106 valence electrons. The second kappa shape index (κ2) is 5.90. The third-order valence-electron chi connectivity index (χ3n) is 3.35. The van der Waals surface area contributed by atoms with Gasteiger partial charge in [0.1, 0.15) is 0 Å². The van der Waals surface area contributed by atoms with E-state index < -0.39 is 0 Å². The predicted molar refractivity (Wildman–Crippen MR) is 79.7 cm³/mol. The molecule has 0 spiro atoms. The van der Waals surface area contributed by atoms with Crippen molar-refractivity contribution in [2.75, 3.05) is 11.4 Å². The number of benzene rings is 1. The summed E-state index contributed by atoms with van der Waals surface area (Å²) in [6, 6.07) is 7.25. The Morgan fingerprint density at radius 1 is 1.40 bits per heavy atom. The number of hydrogen-bond donors (Lipinski definition) is 1. The zero-order valence-electron chi connectivity index (χ0n) is 11.9. The van der Waals surface area contributed by atoms with Crippen LogP contribution in [0.4, 0.5) is 5.69 Å². The summed E-state index contributed by atoms with van der Waals surface area (Å²) < 4.78 is 0. The van der Waals surface area contributed by atoms with E-state index in [1.807, 2.05) is 32.1 Å². The molecule has 0 saturated carbocycles. The Labute approximate surface area is 119 Å². The van der Waals surface area contributed by atoms with Crippen LogP contribution in [0.2, 0.25) is 0 Å². The number of amides is 2. The number of carbonyl (C=O) groups is 2. The lowest BCUT2D eigenvalue weighted by atomic mass is 10.1. The third-order valence-corrected chi connectivity index (χ3v) is 3.35. The standard InChI is InChI=1S/C16H20N2O2/c1-4-12-9-15(19)18(10-12)14-7-5-13(6-8-14)16(20)17-11(2)3/h4-8,11-12H,1,9-10H2,2-3H3,(H,17,20). The SMILES string of the molecule is C=CC1CC(=O)N(c2ccc(C(=O)NC(C)C)cc2)C1. The number of anilines is 1. The first-order chi connectivity index (χ1) is 9.51. The molecule has 1 aromatic carbocycles. The number of rotatable bonds is 4. The van der Waals surface area contributed by atoms with Gasteiger partial charge >= 0.3 is 0 Å². The Morgan fingerprint density at radius 2 is 2.05 bits per heavy atom. The van der Waals surface area contributed by atoms with E-state index >= 15 is 0 Å². The predicted octanol–water partition coefficient (Wildman–Crippen LogP) is 2.36. The zero-order valence-corrected chi connectivity index (χ0v) is 11.9. The molecular weight excluding hydrogens is 252 g/mol. The molecule has 0 aromatic heterocycles. The van der Waals surface area contributed by atoms with Crippen molar-refractivity contribution in [1.82, 2.24) is 5.32 Å². The topological polar surface area (TPSA) is 49.4 Å². The summed E-state index contributed by atoms with van der Waals surface area (Å²) in [5.74, 6) is 0.226. The van der Waals surface area contributed by atoms with E-state index in [-0.39, 0.29) is 23.8 Å². The molecule has 1 saturated heterocycles. The molecule has 4 nitrogen and oxygen atoms in total. The summed E-state index contributed by atoms with van der Waals surface area (Å²) >= 11 is 0. The van der Waals surface area contributed by atoms with Gasteiger partial charge in [-0.25, -0.2) is 0 Å². The molecule has 0 aliphatic carbocycles. The van der Waals surface area contributed by atoms with Gasteiger partial charge in [-0.3, -0.25) is 9.59 Å². The maximum Gasteiger partial charge on any atom is 0.251 e. The highest BCUT2D eigenvalue weighted by molar-refractivity contribution is 5.98. The maximum atomic E-state index is 11.9. The van der Waals surface area contributed by atoms with Gasteiger partial charge in [-0.2, -0.15) is 0 Å². The summed E-state index contributed by atoms with van der Waals surface area (Å²) in [5, 5.41) is 2.84. The highest BCUT2D eigenvalue weighted by atomic mass is 16.2. The van der Waals surface area contributed by atoms with Gasteiger partial charge in [0.25, 0.3) is 5.91 Å². The normalized spacial score (nSPS) is 18.4. The summed E-state index contributed by atoms with van der Waals surface area (Å²) in [4.78, 5) is 25.5. The van der Waals surface area contributed by atoms with Gasteiger partial charge in [0.2, 0.25) is 5.91 Å². The van der Waals surface area contributed by atoms with Crippen LogP contribution < -0.4 is 10.2 Å². The summed E-state index contributed by atoms with van der Waals surface area (Å²) in [7, 11) is 0. The first kappa shape index (κ1) is 14.3. The molecule has 1 atom stereocenters. The van der Waals surface area contributed by atoms with Crippen molar-refractivity contribution in [1.29, 1.82) is 0 Å². The van der Waals surface area contributed by atoms with Crippen LogP contribution in [0.25, 0.3) is 0 Å². The minimum Gasteiger partial charge on any atom is -0.350 e. The molecule has 0 radical (unpaired) electrons. The van der Waals surface area contributed by atoms with Gasteiger partial charge in [-0.1, -0.05) is 6.08 Å². The molecule has 2 amide bonds. The number of carbonyl (C=O) groups excluding carboxylic acids is 2. The lowest BCUT2D eigenvalue weighted by Gasteiger charge is -2.16. The van der Waals surface area contributed by atoms with E-state index in [2.05, 4.69) is 11.9 Å². The third kappa shape index (κ3) is 3.07. The first-order valence-electron chi connectivity index (χ1n) is 6.85. The average Bonchev–Trinajstić information content (AvgIpc) is 2.79. The molecule has 1 aromatic rings. The Bertz CT molecular complexity index is 520. The van der Waals surface area contributed by atoms with Crippen molar-refractivity contribution in [3.63, 3.8) is 0 Å². The quantitative estimate of drug-likeness (QED) is 0.855. The van der Waals surface area contributed by atoms with Crippen molar-refractivity contribution in [3.05, 3.63) is 42.5 Å². The highest BCUT2D eigenvalue weighted by Gasteiger charge is 2.28. The monoisotopic (exact) mass is 272 g/mol. The van der Waals surface area contributed by atoms with Gasteiger partial charge in [-0.15, -0.1) is 6.58 Å². The fourth-order valence-corrected chi connectivity index (χ4v) is 2.28. The van der Waals surface area contributed by atoms with Crippen LogP contribution in [0.1, 0.15) is 30.6 Å². The van der Waals surface area contributed by atoms with Crippen LogP contribution in [-0.4, -0.2) is 24.4 Å². The van der Waals surface area contributed by atoms with Crippen molar-refractivity contribution in [3.8, 4) is 0 Å². The molecule has 20 heavy (non-hydrogen) atoms. The van der Waals surface area contributed by atoms with Gasteiger partial charge in [-0.05, 0) is 38.1 Å². The molecule has 1 heterocycles. The van der Waals surface area contributed by atoms with Crippen molar-refractivity contribution in [2.24, 2.45) is 5.92 Å². The first-order valence-corrected chi connectivity index (χ1v) is 6.85. The van der Waals surface area contributed by atoms with E-state index in [1.165, 1.54) is 0 Å². The Balaban J connectivity index is 2.10. The van der Waals surface area contributed by atoms with E-state index in [9.17, 15) is 9.59 Å². The maximum absolute atomic E-state index is 11.9. The lowest BCUT2D eigenvalue weighted by molar-refractivity contribution is -0.117. The molecule has 1 fully saturated rings. The van der Waals surface area contributed by atoms with Gasteiger partial charge in [0.05, 0.1) is 0 Å². The molecule has 1 N–H and O–H groups in total. The van der Waals surface area contributed by atoms with E-state index in [1.54, 1.807) is 17.0 Å². The average molecular weight is 272 g/mol. The van der Waals surface area contributed by atoms with Crippen molar-refractivity contribution in [2.45, 2.75) is 26.3 Å². The largest absolute Gasteiger partial charge is 0.350 e. The summed E-state index contributed by atoms with van der Waals surface area (Å²) in [5.41, 5.74) is 1.44. The van der Waals surface area contributed by atoms with E-state index in [0.29, 0.717) is 18.5 Å². The molecule has 2 rings (SSSR count). The van der Waals surface area contributed by atoms with Crippen molar-refractivity contribution >= 4 is 17.5 Å². The smallest absolute Gasteiger partial charge is 0.251 e. The minimum atomic E-state index is -0.0942. The summed E-state index contributed by atoms with van der Waals surface area (Å²) in [6.07, 6.45) is 2.33. The molecule has 1 unspecified atom stereocenters. The number of hydrogen-bond acceptors (Lipinski definition) is 2. The van der Waals surface area contributed by atoms with E-state index in [0.717, 1.165) is 5.69 Å². The van der Waals surface area contributed by atoms with Crippen molar-refractivity contribution < 1.29 is 9.59 Å².